The van der Waals surface area contributed by atoms with E-state index in [1.807, 2.05) is 0 Å². The summed E-state index contributed by atoms with van der Waals surface area (Å²) in [5, 5.41) is 4.14. The molecule has 0 unspecified atom stereocenters. The molecule has 1 aliphatic heterocycles. The molecule has 3 rings (SSSR count). The SMILES string of the molecule is O=C(CSc1nc(Cl)cc(N2CCCC2)n1)NC1CCCCC1. The fraction of sp³-hybridized carbons (Fsp3) is 0.688. The topological polar surface area (TPSA) is 58.1 Å². The Balaban J connectivity index is 1.53. The first-order valence-corrected chi connectivity index (χ1v) is 9.79. The van der Waals surface area contributed by atoms with Gasteiger partial charge in [-0.3, -0.25) is 4.79 Å². The van der Waals surface area contributed by atoms with Gasteiger partial charge in [0.05, 0.1) is 5.75 Å². The van der Waals surface area contributed by atoms with Gasteiger partial charge >= 0.3 is 0 Å². The van der Waals surface area contributed by atoms with E-state index in [1.54, 1.807) is 6.07 Å². The highest BCUT2D eigenvalue weighted by molar-refractivity contribution is 7.99. The number of hydrogen-bond acceptors (Lipinski definition) is 5. The largest absolute Gasteiger partial charge is 0.356 e. The summed E-state index contributed by atoms with van der Waals surface area (Å²) >= 11 is 7.47. The normalized spacial score (nSPS) is 19.1. The summed E-state index contributed by atoms with van der Waals surface area (Å²) in [5.41, 5.74) is 0. The summed E-state index contributed by atoms with van der Waals surface area (Å²) in [6.07, 6.45) is 8.30. The van der Waals surface area contributed by atoms with Gasteiger partial charge in [0.25, 0.3) is 0 Å². The molecular formula is C16H23ClN4OS. The molecule has 2 aliphatic rings. The van der Waals surface area contributed by atoms with Gasteiger partial charge in [0, 0.05) is 25.2 Å². The Bertz CT molecular complexity index is 545. The van der Waals surface area contributed by atoms with Crippen LogP contribution >= 0.6 is 23.4 Å². The van der Waals surface area contributed by atoms with Crippen LogP contribution in [0.5, 0.6) is 0 Å². The average molecular weight is 355 g/mol. The van der Waals surface area contributed by atoms with E-state index in [2.05, 4.69) is 20.2 Å². The molecular weight excluding hydrogens is 332 g/mol. The van der Waals surface area contributed by atoms with Crippen molar-refractivity contribution >= 4 is 35.1 Å². The van der Waals surface area contributed by atoms with Crippen LogP contribution in [0, 0.1) is 0 Å². The number of thioether (sulfide) groups is 1. The number of rotatable bonds is 5. The molecule has 7 heteroatoms. The summed E-state index contributed by atoms with van der Waals surface area (Å²) in [6, 6.07) is 2.15. The Kier molecular flexibility index (Phi) is 6.00. The maximum Gasteiger partial charge on any atom is 0.230 e. The summed E-state index contributed by atoms with van der Waals surface area (Å²) < 4.78 is 0. The smallest absolute Gasteiger partial charge is 0.230 e. The lowest BCUT2D eigenvalue weighted by atomic mass is 9.95. The van der Waals surface area contributed by atoms with Crippen molar-refractivity contribution in [3.8, 4) is 0 Å². The maximum absolute atomic E-state index is 12.1. The van der Waals surface area contributed by atoms with E-state index in [-0.39, 0.29) is 5.91 Å². The number of nitrogens with zero attached hydrogens (tertiary/aromatic N) is 3. The predicted octanol–water partition coefficient (Wildman–Crippen LogP) is 3.27. The minimum Gasteiger partial charge on any atom is -0.356 e. The van der Waals surface area contributed by atoms with E-state index in [0.29, 0.717) is 22.1 Å². The Morgan fingerprint density at radius 1 is 1.22 bits per heavy atom. The maximum atomic E-state index is 12.1. The molecule has 23 heavy (non-hydrogen) atoms. The Hall–Kier alpha value is -1.01. The van der Waals surface area contributed by atoms with E-state index >= 15 is 0 Å². The van der Waals surface area contributed by atoms with Crippen LogP contribution in [0.4, 0.5) is 5.82 Å². The van der Waals surface area contributed by atoms with Crippen molar-refractivity contribution in [2.75, 3.05) is 23.7 Å². The molecule has 2 fully saturated rings. The highest BCUT2D eigenvalue weighted by Crippen LogP contribution is 2.24. The van der Waals surface area contributed by atoms with Crippen LogP contribution in [-0.2, 0) is 4.79 Å². The first-order valence-electron chi connectivity index (χ1n) is 8.42. The van der Waals surface area contributed by atoms with Gasteiger partial charge in [-0.05, 0) is 25.7 Å². The molecule has 0 spiro atoms. The van der Waals surface area contributed by atoms with Crippen molar-refractivity contribution in [1.29, 1.82) is 0 Å². The highest BCUT2D eigenvalue weighted by Gasteiger charge is 2.18. The lowest BCUT2D eigenvalue weighted by Crippen LogP contribution is -2.37. The van der Waals surface area contributed by atoms with Crippen molar-refractivity contribution < 1.29 is 4.79 Å². The minimum absolute atomic E-state index is 0.0631. The molecule has 1 N–H and O–H groups in total. The average Bonchev–Trinajstić information content (AvgIpc) is 3.08. The molecule has 1 saturated carbocycles. The van der Waals surface area contributed by atoms with Gasteiger partial charge in [0.1, 0.15) is 11.0 Å². The summed E-state index contributed by atoms with van der Waals surface area (Å²) in [4.78, 5) is 23.1. The van der Waals surface area contributed by atoms with Crippen LogP contribution < -0.4 is 10.2 Å². The lowest BCUT2D eigenvalue weighted by Gasteiger charge is -2.22. The van der Waals surface area contributed by atoms with Crippen LogP contribution in [0.1, 0.15) is 44.9 Å². The van der Waals surface area contributed by atoms with Gasteiger partial charge in [-0.2, -0.15) is 0 Å². The molecule has 2 heterocycles. The van der Waals surface area contributed by atoms with Crippen LogP contribution in [0.15, 0.2) is 11.2 Å². The van der Waals surface area contributed by atoms with Gasteiger partial charge in [-0.15, -0.1) is 0 Å². The van der Waals surface area contributed by atoms with E-state index < -0.39 is 0 Å². The summed E-state index contributed by atoms with van der Waals surface area (Å²) in [7, 11) is 0. The third kappa shape index (κ3) is 4.98. The van der Waals surface area contributed by atoms with Crippen LogP contribution in [0.2, 0.25) is 5.15 Å². The van der Waals surface area contributed by atoms with E-state index in [0.717, 1.165) is 31.7 Å². The lowest BCUT2D eigenvalue weighted by molar-refractivity contribution is -0.119. The van der Waals surface area contributed by atoms with E-state index in [9.17, 15) is 4.79 Å². The number of hydrogen-bond donors (Lipinski definition) is 1. The molecule has 0 aromatic carbocycles. The number of nitrogens with one attached hydrogen (secondary N) is 1. The Morgan fingerprint density at radius 3 is 2.70 bits per heavy atom. The number of aromatic nitrogens is 2. The van der Waals surface area contributed by atoms with Crippen molar-refractivity contribution in [2.45, 2.75) is 56.1 Å². The first-order chi connectivity index (χ1) is 11.2. The monoisotopic (exact) mass is 354 g/mol. The second kappa shape index (κ2) is 8.20. The van der Waals surface area contributed by atoms with Crippen molar-refractivity contribution in [3.63, 3.8) is 0 Å². The van der Waals surface area contributed by atoms with Gasteiger partial charge in [0.2, 0.25) is 5.91 Å². The number of carbonyl (C=O) groups is 1. The molecule has 126 valence electrons. The molecule has 1 amide bonds. The highest BCUT2D eigenvalue weighted by atomic mass is 35.5. The fourth-order valence-corrected chi connectivity index (χ4v) is 4.10. The second-order valence-corrected chi connectivity index (χ2v) is 7.55. The summed E-state index contributed by atoms with van der Waals surface area (Å²) in [6.45, 7) is 2.03. The van der Waals surface area contributed by atoms with Gasteiger partial charge in [-0.25, -0.2) is 9.97 Å². The van der Waals surface area contributed by atoms with Crippen molar-refractivity contribution in [2.24, 2.45) is 0 Å². The molecule has 5 nitrogen and oxygen atoms in total. The third-order valence-electron chi connectivity index (χ3n) is 4.39. The first kappa shape index (κ1) is 16.8. The minimum atomic E-state index is 0.0631. The zero-order valence-corrected chi connectivity index (χ0v) is 14.8. The summed E-state index contributed by atoms with van der Waals surface area (Å²) in [5.74, 6) is 1.28. The Labute approximate surface area is 146 Å². The fourth-order valence-electron chi connectivity index (χ4n) is 3.20. The molecule has 1 aromatic rings. The molecule has 1 aliphatic carbocycles. The van der Waals surface area contributed by atoms with Crippen molar-refractivity contribution in [3.05, 3.63) is 11.2 Å². The van der Waals surface area contributed by atoms with Gasteiger partial charge in [0.15, 0.2) is 5.16 Å². The third-order valence-corrected chi connectivity index (χ3v) is 5.43. The number of amides is 1. The zero-order valence-electron chi connectivity index (χ0n) is 13.3. The van der Waals surface area contributed by atoms with Crippen molar-refractivity contribution in [1.82, 2.24) is 15.3 Å². The molecule has 0 bridgehead atoms. The Morgan fingerprint density at radius 2 is 1.96 bits per heavy atom. The quantitative estimate of drug-likeness (QED) is 0.499. The van der Waals surface area contributed by atoms with E-state index in [1.165, 1.54) is 43.9 Å². The van der Waals surface area contributed by atoms with Gasteiger partial charge < -0.3 is 10.2 Å². The van der Waals surface area contributed by atoms with Gasteiger partial charge in [-0.1, -0.05) is 42.6 Å². The predicted molar refractivity (Wildman–Crippen MR) is 94.2 cm³/mol. The standard InChI is InChI=1S/C16H23ClN4OS/c17-13-10-14(21-8-4-5-9-21)20-16(19-13)23-11-15(22)18-12-6-2-1-3-7-12/h10,12H,1-9,11H2,(H,18,22). The zero-order chi connectivity index (χ0) is 16.1. The van der Waals surface area contributed by atoms with Crippen LogP contribution in [0.3, 0.4) is 0 Å². The number of anilines is 1. The van der Waals surface area contributed by atoms with Crippen LogP contribution in [0.25, 0.3) is 0 Å². The molecule has 1 saturated heterocycles. The number of carbonyl (C=O) groups excluding carboxylic acids is 1. The second-order valence-electron chi connectivity index (χ2n) is 6.22. The molecule has 0 radical (unpaired) electrons. The molecule has 1 aromatic heterocycles. The molecule has 0 atom stereocenters. The van der Waals surface area contributed by atoms with Crippen LogP contribution in [-0.4, -0.2) is 40.8 Å². The number of halogens is 1. The van der Waals surface area contributed by atoms with E-state index in [4.69, 9.17) is 11.6 Å².